The van der Waals surface area contributed by atoms with Crippen molar-refractivity contribution in [3.8, 4) is 0 Å². The molecule has 15 heavy (non-hydrogen) atoms. The molecule has 0 saturated carbocycles. The van der Waals surface area contributed by atoms with E-state index in [1.54, 1.807) is 0 Å². The summed E-state index contributed by atoms with van der Waals surface area (Å²) in [7, 11) is 0. The molecule has 0 radical (unpaired) electrons. The average molecular weight is 293 g/mol. The van der Waals surface area contributed by atoms with Crippen molar-refractivity contribution in [1.82, 2.24) is 5.32 Å². The van der Waals surface area contributed by atoms with Crippen molar-refractivity contribution in [3.63, 3.8) is 0 Å². The summed E-state index contributed by atoms with van der Waals surface area (Å²) in [6.07, 6.45) is -0.341. The molecule has 3 nitrogen and oxygen atoms in total. The lowest BCUT2D eigenvalue weighted by Gasteiger charge is -2.08. The van der Waals surface area contributed by atoms with Crippen LogP contribution in [0.3, 0.4) is 0 Å². The molecular formula is C10H11BrClNO2. The van der Waals surface area contributed by atoms with Crippen LogP contribution in [0.15, 0.2) is 22.7 Å². The Kier molecular flexibility index (Phi) is 3.99. The number of aryl methyl sites for hydroxylation is 1. The quantitative estimate of drug-likeness (QED) is 0.864. The summed E-state index contributed by atoms with van der Waals surface area (Å²) in [6.45, 7) is 2.44. The summed E-state index contributed by atoms with van der Waals surface area (Å²) in [5.41, 5.74) is 2.24. The van der Waals surface area contributed by atoms with Crippen LogP contribution in [0.25, 0.3) is 0 Å². The minimum absolute atomic E-state index is 0. The maximum absolute atomic E-state index is 10.8. The predicted octanol–water partition coefficient (Wildman–Crippen LogP) is 2.96. The number of cyclic esters (lactones) is 1. The largest absolute Gasteiger partial charge is 0.447 e. The van der Waals surface area contributed by atoms with E-state index in [0.29, 0.717) is 6.61 Å². The number of alkyl carbamates (subject to hydrolysis) is 1. The molecule has 1 amide bonds. The van der Waals surface area contributed by atoms with Crippen molar-refractivity contribution in [3.05, 3.63) is 33.8 Å². The zero-order chi connectivity index (χ0) is 10.1. The highest BCUT2D eigenvalue weighted by atomic mass is 79.9. The molecule has 1 atom stereocenters. The third-order valence-electron chi connectivity index (χ3n) is 2.27. The molecule has 1 heterocycles. The summed E-state index contributed by atoms with van der Waals surface area (Å²) in [5, 5.41) is 2.73. The lowest BCUT2D eigenvalue weighted by molar-refractivity contribution is 0.177. The number of ether oxygens (including phenoxy) is 1. The van der Waals surface area contributed by atoms with Crippen LogP contribution < -0.4 is 5.32 Å². The van der Waals surface area contributed by atoms with Crippen LogP contribution in [-0.2, 0) is 4.74 Å². The van der Waals surface area contributed by atoms with Gasteiger partial charge in [0.2, 0.25) is 0 Å². The normalized spacial score (nSPS) is 19.1. The van der Waals surface area contributed by atoms with Crippen LogP contribution in [0, 0.1) is 6.92 Å². The molecule has 1 aliphatic heterocycles. The number of benzene rings is 1. The molecule has 0 spiro atoms. The molecule has 1 saturated heterocycles. The van der Waals surface area contributed by atoms with Gasteiger partial charge in [0.25, 0.3) is 0 Å². The zero-order valence-electron chi connectivity index (χ0n) is 8.12. The Morgan fingerprint density at radius 3 is 2.80 bits per heavy atom. The second kappa shape index (κ2) is 4.86. The van der Waals surface area contributed by atoms with E-state index in [0.717, 1.165) is 10.0 Å². The Labute approximate surface area is 103 Å². The minimum atomic E-state index is -0.341. The lowest BCUT2D eigenvalue weighted by Crippen LogP contribution is -2.18. The van der Waals surface area contributed by atoms with Gasteiger partial charge in [-0.2, -0.15) is 0 Å². The first-order chi connectivity index (χ1) is 6.66. The van der Waals surface area contributed by atoms with Gasteiger partial charge < -0.3 is 10.1 Å². The molecule has 0 unspecified atom stereocenters. The molecule has 1 aliphatic rings. The first-order valence-corrected chi connectivity index (χ1v) is 5.15. The van der Waals surface area contributed by atoms with E-state index >= 15 is 0 Å². The van der Waals surface area contributed by atoms with Gasteiger partial charge in [-0.25, -0.2) is 4.79 Å². The third-order valence-corrected chi connectivity index (χ3v) is 3.13. The predicted molar refractivity (Wildman–Crippen MR) is 63.4 cm³/mol. The van der Waals surface area contributed by atoms with Crippen molar-refractivity contribution in [2.45, 2.75) is 13.0 Å². The SMILES string of the molecule is Cc1ccc([C@@H]2COC(=O)N2)cc1Br.Cl. The number of nitrogens with one attached hydrogen (secondary N) is 1. The molecule has 5 heteroatoms. The van der Waals surface area contributed by atoms with E-state index in [1.807, 2.05) is 25.1 Å². The van der Waals surface area contributed by atoms with Crippen molar-refractivity contribution >= 4 is 34.4 Å². The van der Waals surface area contributed by atoms with Gasteiger partial charge >= 0.3 is 6.09 Å². The molecule has 0 aromatic heterocycles. The van der Waals surface area contributed by atoms with Gasteiger partial charge in [0.1, 0.15) is 6.61 Å². The number of carbonyl (C=O) groups is 1. The number of hydrogen-bond acceptors (Lipinski definition) is 2. The average Bonchev–Trinajstić information content (AvgIpc) is 2.57. The van der Waals surface area contributed by atoms with Crippen molar-refractivity contribution in [2.24, 2.45) is 0 Å². The first-order valence-electron chi connectivity index (χ1n) is 4.36. The summed E-state index contributed by atoms with van der Waals surface area (Å²) in [6, 6.07) is 6.01. The van der Waals surface area contributed by atoms with Gasteiger partial charge in [0, 0.05) is 4.47 Å². The second-order valence-corrected chi connectivity index (χ2v) is 4.16. The Balaban J connectivity index is 0.00000112. The summed E-state index contributed by atoms with van der Waals surface area (Å²) < 4.78 is 5.88. The van der Waals surface area contributed by atoms with Crippen LogP contribution in [0.2, 0.25) is 0 Å². The van der Waals surface area contributed by atoms with Crippen molar-refractivity contribution in [1.29, 1.82) is 0 Å². The third kappa shape index (κ3) is 2.63. The molecular weight excluding hydrogens is 281 g/mol. The summed E-state index contributed by atoms with van der Waals surface area (Å²) in [4.78, 5) is 10.8. The van der Waals surface area contributed by atoms with Crippen LogP contribution in [0.1, 0.15) is 17.2 Å². The van der Waals surface area contributed by atoms with Crippen LogP contribution >= 0.6 is 28.3 Å². The lowest BCUT2D eigenvalue weighted by atomic mass is 10.1. The van der Waals surface area contributed by atoms with Gasteiger partial charge in [-0.05, 0) is 24.1 Å². The maximum Gasteiger partial charge on any atom is 0.407 e. The Morgan fingerprint density at radius 1 is 1.53 bits per heavy atom. The van der Waals surface area contributed by atoms with Gasteiger partial charge in [0.05, 0.1) is 6.04 Å². The zero-order valence-corrected chi connectivity index (χ0v) is 10.5. The van der Waals surface area contributed by atoms with E-state index in [1.165, 1.54) is 5.56 Å². The highest BCUT2D eigenvalue weighted by Crippen LogP contribution is 2.24. The highest BCUT2D eigenvalue weighted by Gasteiger charge is 2.23. The number of hydrogen-bond donors (Lipinski definition) is 1. The Bertz CT molecular complexity index is 384. The number of carbonyl (C=O) groups excluding carboxylic acids is 1. The fourth-order valence-electron chi connectivity index (χ4n) is 1.39. The van der Waals surface area contributed by atoms with E-state index < -0.39 is 0 Å². The maximum atomic E-state index is 10.8. The fraction of sp³-hybridized carbons (Fsp3) is 0.300. The van der Waals surface area contributed by atoms with E-state index in [-0.39, 0.29) is 24.5 Å². The number of rotatable bonds is 1. The van der Waals surface area contributed by atoms with Gasteiger partial charge in [0.15, 0.2) is 0 Å². The first kappa shape index (κ1) is 12.3. The van der Waals surface area contributed by atoms with Crippen LogP contribution in [0.4, 0.5) is 4.79 Å². The van der Waals surface area contributed by atoms with Gasteiger partial charge in [-0.1, -0.05) is 28.1 Å². The molecule has 1 aromatic carbocycles. The van der Waals surface area contributed by atoms with Crippen LogP contribution in [0.5, 0.6) is 0 Å². The summed E-state index contributed by atoms with van der Waals surface area (Å²) in [5.74, 6) is 0. The molecule has 1 fully saturated rings. The minimum Gasteiger partial charge on any atom is -0.447 e. The van der Waals surface area contributed by atoms with Gasteiger partial charge in [-0.3, -0.25) is 0 Å². The smallest absolute Gasteiger partial charge is 0.407 e. The van der Waals surface area contributed by atoms with Gasteiger partial charge in [-0.15, -0.1) is 12.4 Å². The molecule has 82 valence electrons. The van der Waals surface area contributed by atoms with E-state index in [2.05, 4.69) is 21.2 Å². The number of amides is 1. The Morgan fingerprint density at radius 2 is 2.27 bits per heavy atom. The molecule has 2 rings (SSSR count). The molecule has 1 aromatic rings. The standard InChI is InChI=1S/C10H10BrNO2.ClH/c1-6-2-3-7(4-8(6)11)9-5-14-10(13)12-9;/h2-4,9H,5H2,1H3,(H,12,13);1H/t9-;/m0./s1. The molecule has 0 aliphatic carbocycles. The van der Waals surface area contributed by atoms with Crippen LogP contribution in [-0.4, -0.2) is 12.7 Å². The van der Waals surface area contributed by atoms with Crippen molar-refractivity contribution < 1.29 is 9.53 Å². The van der Waals surface area contributed by atoms with E-state index in [4.69, 9.17) is 4.74 Å². The molecule has 0 bridgehead atoms. The fourth-order valence-corrected chi connectivity index (χ4v) is 1.79. The summed E-state index contributed by atoms with van der Waals surface area (Å²) >= 11 is 3.45. The van der Waals surface area contributed by atoms with E-state index in [9.17, 15) is 4.79 Å². The monoisotopic (exact) mass is 291 g/mol. The second-order valence-electron chi connectivity index (χ2n) is 3.30. The van der Waals surface area contributed by atoms with Crippen molar-refractivity contribution in [2.75, 3.05) is 6.61 Å². The molecule has 1 N–H and O–H groups in total. The topological polar surface area (TPSA) is 38.3 Å². The number of halogens is 2. The highest BCUT2D eigenvalue weighted by molar-refractivity contribution is 9.10. The Hall–Kier alpha value is -0.740.